The topological polar surface area (TPSA) is 86.7 Å². The van der Waals surface area contributed by atoms with Gasteiger partial charge in [-0.1, -0.05) is 23.7 Å². The maximum atomic E-state index is 12.4. The van der Waals surface area contributed by atoms with Crippen molar-refractivity contribution in [2.45, 2.75) is 25.1 Å². The Hall–Kier alpha value is -2.29. The van der Waals surface area contributed by atoms with Crippen LogP contribution in [0.1, 0.15) is 12.8 Å². The third-order valence-corrected chi connectivity index (χ3v) is 4.01. The molecule has 2 amide bonds. The fourth-order valence-corrected chi connectivity index (χ4v) is 2.75. The summed E-state index contributed by atoms with van der Waals surface area (Å²) in [6, 6.07) is 4.33. The van der Waals surface area contributed by atoms with Crippen molar-refractivity contribution < 1.29 is 32.7 Å². The number of carboxylic acid groups (broad SMARTS) is 1. The van der Waals surface area contributed by atoms with Crippen molar-refractivity contribution in [1.29, 1.82) is 0 Å². The van der Waals surface area contributed by atoms with Gasteiger partial charge in [0.15, 0.2) is 0 Å². The number of carboxylic acids is 1. The van der Waals surface area contributed by atoms with Crippen LogP contribution in [-0.2, 0) is 14.4 Å². The van der Waals surface area contributed by atoms with Crippen molar-refractivity contribution in [1.82, 2.24) is 5.32 Å². The Balaban J connectivity index is 2.07. The SMILES string of the molecule is O=C(NC(CC(F)(F)F)C(=O)O)C1CC(=O)N(c2ccccc2Cl)C1. The average molecular weight is 379 g/mol. The zero-order valence-corrected chi connectivity index (χ0v) is 13.5. The molecular weight excluding hydrogens is 365 g/mol. The van der Waals surface area contributed by atoms with Gasteiger partial charge in [0.1, 0.15) is 6.04 Å². The standard InChI is InChI=1S/C15H14ClF3N2O4/c16-9-3-1-2-4-11(9)21-7-8(5-12(21)22)13(23)20-10(14(24)25)6-15(17,18)19/h1-4,8,10H,5-7H2,(H,20,23)(H,24,25). The van der Waals surface area contributed by atoms with E-state index in [-0.39, 0.29) is 18.0 Å². The monoisotopic (exact) mass is 378 g/mol. The third kappa shape index (κ3) is 4.85. The summed E-state index contributed by atoms with van der Waals surface area (Å²) in [4.78, 5) is 36.3. The van der Waals surface area contributed by atoms with Crippen molar-refractivity contribution >= 4 is 35.1 Å². The fourth-order valence-electron chi connectivity index (χ4n) is 2.51. The van der Waals surface area contributed by atoms with Crippen LogP contribution < -0.4 is 10.2 Å². The molecule has 0 saturated carbocycles. The number of para-hydroxylation sites is 1. The summed E-state index contributed by atoms with van der Waals surface area (Å²) in [6.07, 6.45) is -6.68. The normalized spacial score (nSPS) is 19.0. The molecule has 136 valence electrons. The molecule has 2 rings (SSSR count). The highest BCUT2D eigenvalue weighted by molar-refractivity contribution is 6.33. The molecule has 6 nitrogen and oxygen atoms in total. The van der Waals surface area contributed by atoms with E-state index in [9.17, 15) is 27.6 Å². The molecule has 1 aromatic carbocycles. The summed E-state index contributed by atoms with van der Waals surface area (Å²) in [5, 5.41) is 11.0. The van der Waals surface area contributed by atoms with Gasteiger partial charge in [-0.15, -0.1) is 0 Å². The predicted molar refractivity (Wildman–Crippen MR) is 82.2 cm³/mol. The molecule has 1 aromatic rings. The van der Waals surface area contributed by atoms with Crippen LogP contribution in [-0.4, -0.2) is 41.7 Å². The van der Waals surface area contributed by atoms with Gasteiger partial charge in [-0.2, -0.15) is 13.2 Å². The van der Waals surface area contributed by atoms with Crippen LogP contribution >= 0.6 is 11.6 Å². The highest BCUT2D eigenvalue weighted by Gasteiger charge is 2.40. The van der Waals surface area contributed by atoms with Crippen LogP contribution in [0.4, 0.5) is 18.9 Å². The van der Waals surface area contributed by atoms with Crippen LogP contribution in [0, 0.1) is 5.92 Å². The number of nitrogens with zero attached hydrogens (tertiary/aromatic N) is 1. The molecule has 0 aromatic heterocycles. The zero-order chi connectivity index (χ0) is 18.8. The van der Waals surface area contributed by atoms with E-state index in [4.69, 9.17) is 16.7 Å². The first-order valence-corrected chi connectivity index (χ1v) is 7.61. The molecule has 2 N–H and O–H groups in total. The summed E-state index contributed by atoms with van der Waals surface area (Å²) in [5.74, 6) is -4.09. The molecule has 10 heteroatoms. The molecule has 25 heavy (non-hydrogen) atoms. The van der Waals surface area contributed by atoms with E-state index in [1.807, 2.05) is 5.32 Å². The minimum absolute atomic E-state index is 0.0905. The zero-order valence-electron chi connectivity index (χ0n) is 12.7. The van der Waals surface area contributed by atoms with E-state index in [2.05, 4.69) is 0 Å². The Bertz CT molecular complexity index is 696. The summed E-state index contributed by atoms with van der Waals surface area (Å²) in [7, 11) is 0. The van der Waals surface area contributed by atoms with Crippen molar-refractivity contribution in [2.75, 3.05) is 11.4 Å². The first kappa shape index (κ1) is 19.0. The quantitative estimate of drug-likeness (QED) is 0.822. The van der Waals surface area contributed by atoms with E-state index < -0.39 is 42.3 Å². The number of carbonyl (C=O) groups is 3. The number of halogens is 4. The molecule has 2 atom stereocenters. The van der Waals surface area contributed by atoms with Crippen LogP contribution in [0.25, 0.3) is 0 Å². The average Bonchev–Trinajstić information content (AvgIpc) is 2.87. The van der Waals surface area contributed by atoms with E-state index in [1.165, 1.54) is 4.90 Å². The molecule has 1 saturated heterocycles. The van der Waals surface area contributed by atoms with Crippen molar-refractivity contribution in [3.05, 3.63) is 29.3 Å². The van der Waals surface area contributed by atoms with Crippen LogP contribution in [0.3, 0.4) is 0 Å². The second kappa shape index (κ2) is 7.30. The molecule has 0 radical (unpaired) electrons. The lowest BCUT2D eigenvalue weighted by Gasteiger charge is -2.20. The highest BCUT2D eigenvalue weighted by atomic mass is 35.5. The Morgan fingerprint density at radius 3 is 2.56 bits per heavy atom. The summed E-state index contributed by atoms with van der Waals surface area (Å²) in [6.45, 7) is -0.0905. The van der Waals surface area contributed by atoms with Gasteiger partial charge < -0.3 is 15.3 Å². The third-order valence-electron chi connectivity index (χ3n) is 3.69. The fraction of sp³-hybridized carbons (Fsp3) is 0.400. The van der Waals surface area contributed by atoms with Crippen molar-refractivity contribution in [2.24, 2.45) is 5.92 Å². The van der Waals surface area contributed by atoms with E-state index >= 15 is 0 Å². The lowest BCUT2D eigenvalue weighted by Crippen LogP contribution is -2.46. The number of carbonyl (C=O) groups excluding carboxylic acids is 2. The Labute approximate surface area is 145 Å². The van der Waals surface area contributed by atoms with Gasteiger partial charge in [-0.25, -0.2) is 4.79 Å². The molecule has 0 bridgehead atoms. The second-order valence-electron chi connectivity index (χ2n) is 5.58. The Kier molecular flexibility index (Phi) is 5.56. The van der Waals surface area contributed by atoms with Crippen molar-refractivity contribution in [3.8, 4) is 0 Å². The number of alkyl halides is 3. The first-order chi connectivity index (χ1) is 11.6. The minimum atomic E-state index is -4.74. The molecule has 1 aliphatic rings. The molecule has 0 spiro atoms. The van der Waals surface area contributed by atoms with Crippen molar-refractivity contribution in [3.63, 3.8) is 0 Å². The number of hydrogen-bond acceptors (Lipinski definition) is 3. The number of hydrogen-bond donors (Lipinski definition) is 2. The van der Waals surface area contributed by atoms with Gasteiger partial charge in [-0.05, 0) is 12.1 Å². The number of aliphatic carboxylic acids is 1. The predicted octanol–water partition coefficient (Wildman–Crippen LogP) is 2.21. The number of nitrogens with one attached hydrogen (secondary N) is 1. The summed E-state index contributed by atoms with van der Waals surface area (Å²) in [5.41, 5.74) is 0.384. The van der Waals surface area contributed by atoms with Crippen LogP contribution in [0.15, 0.2) is 24.3 Å². The maximum absolute atomic E-state index is 12.4. The lowest BCUT2D eigenvalue weighted by atomic mass is 10.1. The van der Waals surface area contributed by atoms with Gasteiger partial charge >= 0.3 is 12.1 Å². The Morgan fingerprint density at radius 1 is 1.36 bits per heavy atom. The molecule has 1 fully saturated rings. The van der Waals surface area contributed by atoms with E-state index in [0.29, 0.717) is 5.69 Å². The van der Waals surface area contributed by atoms with Gasteiger partial charge in [0.05, 0.1) is 23.0 Å². The van der Waals surface area contributed by atoms with Gasteiger partial charge in [0.2, 0.25) is 11.8 Å². The highest BCUT2D eigenvalue weighted by Crippen LogP contribution is 2.31. The number of benzene rings is 1. The van der Waals surface area contributed by atoms with E-state index in [1.54, 1.807) is 24.3 Å². The minimum Gasteiger partial charge on any atom is -0.480 e. The molecule has 1 aliphatic heterocycles. The Morgan fingerprint density at radius 2 is 2.00 bits per heavy atom. The second-order valence-corrected chi connectivity index (χ2v) is 5.98. The van der Waals surface area contributed by atoms with Crippen LogP contribution in [0.5, 0.6) is 0 Å². The molecule has 2 unspecified atom stereocenters. The largest absolute Gasteiger partial charge is 0.480 e. The van der Waals surface area contributed by atoms with E-state index in [0.717, 1.165) is 0 Å². The number of amides is 2. The number of rotatable bonds is 5. The van der Waals surface area contributed by atoms with Gasteiger partial charge in [0.25, 0.3) is 0 Å². The van der Waals surface area contributed by atoms with Crippen LogP contribution in [0.2, 0.25) is 5.02 Å². The van der Waals surface area contributed by atoms with Gasteiger partial charge in [0, 0.05) is 13.0 Å². The molecule has 1 heterocycles. The lowest BCUT2D eigenvalue weighted by molar-refractivity contribution is -0.160. The van der Waals surface area contributed by atoms with Gasteiger partial charge in [-0.3, -0.25) is 9.59 Å². The summed E-state index contributed by atoms with van der Waals surface area (Å²) < 4.78 is 37.2. The molecule has 0 aliphatic carbocycles. The number of anilines is 1. The first-order valence-electron chi connectivity index (χ1n) is 7.23. The molecular formula is C15H14ClF3N2O4. The summed E-state index contributed by atoms with van der Waals surface area (Å²) >= 11 is 6.00. The maximum Gasteiger partial charge on any atom is 0.391 e. The smallest absolute Gasteiger partial charge is 0.391 e.